The summed E-state index contributed by atoms with van der Waals surface area (Å²) in [7, 11) is 0. The number of carbonyl (C=O) groups excluding carboxylic acids is 1. The van der Waals surface area contributed by atoms with Crippen molar-refractivity contribution in [2.45, 2.75) is 90.7 Å². The number of nitrogens with zero attached hydrogens (tertiary/aromatic N) is 5. The Labute approximate surface area is 237 Å². The first-order valence-electron chi connectivity index (χ1n) is 15.1. The van der Waals surface area contributed by atoms with Gasteiger partial charge in [-0.25, -0.2) is 9.78 Å². The molecule has 1 N–H and O–H groups in total. The third kappa shape index (κ3) is 6.00. The van der Waals surface area contributed by atoms with Crippen LogP contribution in [0.4, 0.5) is 25.3 Å². The Bertz CT molecular complexity index is 1100. The fourth-order valence-corrected chi connectivity index (χ4v) is 6.88. The first-order valence-corrected chi connectivity index (χ1v) is 15.1. The number of rotatable bonds is 8. The van der Waals surface area contributed by atoms with Gasteiger partial charge in [-0.1, -0.05) is 19.9 Å². The van der Waals surface area contributed by atoms with Gasteiger partial charge in [0.15, 0.2) is 0 Å². The molecule has 10 heteroatoms. The highest BCUT2D eigenvalue weighted by Gasteiger charge is 2.49. The molecule has 4 fully saturated rings. The van der Waals surface area contributed by atoms with Gasteiger partial charge in [-0.05, 0) is 71.1 Å². The molecule has 2 bridgehead atoms. The number of carbonyl (C=O) groups is 1. The summed E-state index contributed by atoms with van der Waals surface area (Å²) >= 11 is 0. The summed E-state index contributed by atoms with van der Waals surface area (Å²) in [6, 6.07) is 0.127. The van der Waals surface area contributed by atoms with Crippen molar-refractivity contribution in [3.63, 3.8) is 0 Å². The zero-order valence-electron chi connectivity index (χ0n) is 24.8. The van der Waals surface area contributed by atoms with Crippen molar-refractivity contribution in [2.24, 2.45) is 17.8 Å². The largest absolute Gasteiger partial charge is 0.444 e. The number of alkyl halides is 2. The number of piperazine rings is 1. The molecule has 0 radical (unpaired) electrons. The quantitative estimate of drug-likeness (QED) is 0.441. The van der Waals surface area contributed by atoms with Gasteiger partial charge in [-0.2, -0.15) is 13.8 Å². The number of halogens is 2. The van der Waals surface area contributed by atoms with E-state index in [0.717, 1.165) is 51.1 Å². The topological polar surface area (TPSA) is 73.8 Å². The van der Waals surface area contributed by atoms with E-state index in [1.165, 1.54) is 6.42 Å². The van der Waals surface area contributed by atoms with Crippen LogP contribution in [0.25, 0.3) is 0 Å². The molecule has 0 spiro atoms. The lowest BCUT2D eigenvalue weighted by Gasteiger charge is -2.55. The second-order valence-corrected chi connectivity index (χ2v) is 13.3. The van der Waals surface area contributed by atoms with E-state index in [4.69, 9.17) is 9.72 Å². The maximum Gasteiger partial charge on any atom is 0.410 e. The normalized spacial score (nSPS) is 26.2. The lowest BCUT2D eigenvalue weighted by molar-refractivity contribution is -0.00591. The SMILES string of the molecule is C=C(C[C@@H]1[C@@H]2C[C@H]1CN(c1nc(N[C@@H](C)CCC)nc3c1CCC3(F)F)C2)N1CCN(C(=O)OC(C)(C)C)CC1. The highest BCUT2D eigenvalue weighted by molar-refractivity contribution is 5.68. The number of anilines is 2. The molecule has 1 aromatic rings. The summed E-state index contributed by atoms with van der Waals surface area (Å²) in [5, 5.41) is 3.27. The zero-order valence-corrected chi connectivity index (χ0v) is 24.8. The van der Waals surface area contributed by atoms with Gasteiger partial charge in [0.1, 0.15) is 17.1 Å². The highest BCUT2D eigenvalue weighted by Crippen LogP contribution is 2.51. The summed E-state index contributed by atoms with van der Waals surface area (Å²) in [5.74, 6) is -0.317. The molecular formula is C30H46F2N6O2. The number of hydrogen-bond donors (Lipinski definition) is 1. The summed E-state index contributed by atoms with van der Waals surface area (Å²) in [5.41, 5.74) is 1.18. The van der Waals surface area contributed by atoms with Crippen LogP contribution < -0.4 is 10.2 Å². The number of allylic oxidation sites excluding steroid dienone is 1. The van der Waals surface area contributed by atoms with E-state index in [9.17, 15) is 13.6 Å². The predicted octanol–water partition coefficient (Wildman–Crippen LogP) is 5.64. The predicted molar refractivity (Wildman–Crippen MR) is 153 cm³/mol. The van der Waals surface area contributed by atoms with Crippen molar-refractivity contribution in [3.05, 3.63) is 23.5 Å². The third-order valence-electron chi connectivity index (χ3n) is 8.99. The Hall–Kier alpha value is -2.65. The van der Waals surface area contributed by atoms with Crippen LogP contribution in [0.1, 0.15) is 78.0 Å². The molecule has 4 heterocycles. The molecule has 2 aliphatic carbocycles. The van der Waals surface area contributed by atoms with E-state index < -0.39 is 11.5 Å². The van der Waals surface area contributed by atoms with Gasteiger partial charge in [-0.15, -0.1) is 0 Å². The van der Waals surface area contributed by atoms with Gasteiger partial charge >= 0.3 is 6.09 Å². The number of piperidine rings is 2. The zero-order chi connectivity index (χ0) is 28.8. The molecule has 3 saturated heterocycles. The van der Waals surface area contributed by atoms with Crippen LogP contribution in [0, 0.1) is 17.8 Å². The highest BCUT2D eigenvalue weighted by atomic mass is 19.3. The minimum absolute atomic E-state index is 0.0848. The van der Waals surface area contributed by atoms with Crippen LogP contribution in [0.5, 0.6) is 0 Å². The van der Waals surface area contributed by atoms with Crippen LogP contribution in [-0.4, -0.2) is 76.8 Å². The number of fused-ring (bicyclic) bond motifs is 3. The number of aromatic nitrogens is 2. The Morgan fingerprint density at radius 1 is 1.15 bits per heavy atom. The Balaban J connectivity index is 1.20. The Kier molecular flexibility index (Phi) is 7.92. The molecule has 1 aromatic heterocycles. The van der Waals surface area contributed by atoms with Crippen molar-refractivity contribution in [1.29, 1.82) is 0 Å². The van der Waals surface area contributed by atoms with Gasteiger partial charge < -0.3 is 24.8 Å². The van der Waals surface area contributed by atoms with Crippen LogP contribution in [0.15, 0.2) is 12.3 Å². The second kappa shape index (κ2) is 11.0. The molecule has 8 nitrogen and oxygen atoms in total. The summed E-state index contributed by atoms with van der Waals surface area (Å²) in [4.78, 5) is 27.9. The van der Waals surface area contributed by atoms with Crippen molar-refractivity contribution >= 4 is 17.9 Å². The van der Waals surface area contributed by atoms with Gasteiger partial charge in [0.25, 0.3) is 5.92 Å². The van der Waals surface area contributed by atoms with E-state index in [-0.39, 0.29) is 24.2 Å². The smallest absolute Gasteiger partial charge is 0.410 e. The van der Waals surface area contributed by atoms with E-state index >= 15 is 0 Å². The van der Waals surface area contributed by atoms with Crippen molar-refractivity contribution in [1.82, 2.24) is 19.8 Å². The van der Waals surface area contributed by atoms with Gasteiger partial charge in [-0.3, -0.25) is 0 Å². The maximum absolute atomic E-state index is 14.8. The number of ether oxygens (including phenoxy) is 1. The summed E-state index contributed by atoms with van der Waals surface area (Å²) in [6.45, 7) is 18.7. The van der Waals surface area contributed by atoms with Crippen LogP contribution in [0.3, 0.4) is 0 Å². The van der Waals surface area contributed by atoms with E-state index in [2.05, 4.69) is 33.6 Å². The molecule has 6 rings (SSSR count). The van der Waals surface area contributed by atoms with Crippen molar-refractivity contribution in [3.8, 4) is 0 Å². The maximum atomic E-state index is 14.8. The molecule has 1 amide bonds. The standard InChI is InChI=1S/C30H46F2N6O2/c1-7-8-19(2)33-27-34-25-23(9-10-30(25,31)32)26(35-27)38-17-21-16-22(18-38)24(21)15-20(3)36-11-13-37(14-12-36)28(39)40-29(4,5)6/h19,21-22,24H,3,7-18H2,1-2,4-6H3,(H,33,34,35)/t19-,21-,22+,24-/m0/s1. The molecule has 3 aliphatic heterocycles. The fourth-order valence-electron chi connectivity index (χ4n) is 6.88. The average Bonchev–Trinajstić information content (AvgIpc) is 3.20. The molecular weight excluding hydrogens is 514 g/mol. The molecule has 4 atom stereocenters. The monoisotopic (exact) mass is 560 g/mol. The fraction of sp³-hybridized carbons (Fsp3) is 0.767. The van der Waals surface area contributed by atoms with Gasteiger partial charge in [0.05, 0.1) is 0 Å². The molecule has 5 aliphatic rings. The molecule has 0 aromatic carbocycles. The summed E-state index contributed by atoms with van der Waals surface area (Å²) in [6.07, 6.45) is 3.93. The number of hydrogen-bond acceptors (Lipinski definition) is 7. The van der Waals surface area contributed by atoms with E-state index in [1.807, 2.05) is 27.7 Å². The van der Waals surface area contributed by atoms with Crippen molar-refractivity contribution < 1.29 is 18.3 Å². The van der Waals surface area contributed by atoms with Crippen LogP contribution in [0.2, 0.25) is 0 Å². The number of amides is 1. The lowest BCUT2D eigenvalue weighted by Crippen LogP contribution is -2.56. The van der Waals surface area contributed by atoms with Crippen molar-refractivity contribution in [2.75, 3.05) is 49.5 Å². The average molecular weight is 561 g/mol. The minimum Gasteiger partial charge on any atom is -0.444 e. The molecule has 40 heavy (non-hydrogen) atoms. The Morgan fingerprint density at radius 3 is 2.42 bits per heavy atom. The van der Waals surface area contributed by atoms with E-state index in [0.29, 0.717) is 54.6 Å². The molecule has 0 unspecified atom stereocenters. The lowest BCUT2D eigenvalue weighted by atomic mass is 9.60. The van der Waals surface area contributed by atoms with Crippen LogP contribution >= 0.6 is 0 Å². The van der Waals surface area contributed by atoms with E-state index in [1.54, 1.807) is 4.90 Å². The Morgan fingerprint density at radius 2 is 1.80 bits per heavy atom. The number of nitrogens with one attached hydrogen (secondary N) is 1. The molecule has 1 saturated carbocycles. The van der Waals surface area contributed by atoms with Crippen LogP contribution in [-0.2, 0) is 17.1 Å². The first kappa shape index (κ1) is 28.9. The second-order valence-electron chi connectivity index (χ2n) is 13.3. The minimum atomic E-state index is -2.90. The van der Waals surface area contributed by atoms with Gasteiger partial charge in [0.2, 0.25) is 5.95 Å². The van der Waals surface area contributed by atoms with Gasteiger partial charge in [0, 0.05) is 63.0 Å². The third-order valence-corrected chi connectivity index (χ3v) is 8.99. The first-order chi connectivity index (χ1) is 18.8. The molecule has 222 valence electrons. The summed E-state index contributed by atoms with van der Waals surface area (Å²) < 4.78 is 35.1.